The van der Waals surface area contributed by atoms with Crippen LogP contribution in [0.3, 0.4) is 0 Å². The number of hydrogen-bond acceptors (Lipinski definition) is 4. The molecule has 0 aromatic heterocycles. The Labute approximate surface area is 250 Å². The lowest BCUT2D eigenvalue weighted by atomic mass is 10.1. The maximum Gasteiger partial charge on any atom is 0.418 e. The summed E-state index contributed by atoms with van der Waals surface area (Å²) in [5.41, 5.74) is -1.00. The molecule has 0 radical (unpaired) electrons. The minimum absolute atomic E-state index is 0.0336. The van der Waals surface area contributed by atoms with Crippen LogP contribution < -0.4 is 15.4 Å². The number of halogens is 6. The van der Waals surface area contributed by atoms with Crippen LogP contribution in [0.1, 0.15) is 30.5 Å². The van der Waals surface area contributed by atoms with E-state index >= 15 is 0 Å². The van der Waals surface area contributed by atoms with Crippen molar-refractivity contribution in [3.05, 3.63) is 94.0 Å². The second-order valence-electron chi connectivity index (χ2n) is 10.3. The summed E-state index contributed by atoms with van der Waals surface area (Å²) in [4.78, 5) is 29.5. The number of rotatable bonds is 8. The fraction of sp³-hybridized carbons (Fsp3) is 0.333. The summed E-state index contributed by atoms with van der Waals surface area (Å²) in [7, 11) is 0. The Kier molecular flexibility index (Phi) is 10.1. The average Bonchev–Trinajstić information content (AvgIpc) is 2.94. The van der Waals surface area contributed by atoms with Crippen molar-refractivity contribution in [1.82, 2.24) is 15.1 Å². The summed E-state index contributed by atoms with van der Waals surface area (Å²) in [6.07, 6.45) is -4.88. The van der Waals surface area contributed by atoms with Gasteiger partial charge in [0.15, 0.2) is 6.61 Å². The van der Waals surface area contributed by atoms with Crippen LogP contribution in [0.25, 0.3) is 0 Å². The molecule has 4 rings (SSSR count). The number of carbonyl (C=O) groups excluding carboxylic acids is 2. The third-order valence-corrected chi connectivity index (χ3v) is 7.34. The van der Waals surface area contributed by atoms with E-state index in [4.69, 9.17) is 16.3 Å². The number of hydrogen-bond donors (Lipinski definition) is 2. The Morgan fingerprint density at radius 3 is 2.42 bits per heavy atom. The molecule has 43 heavy (non-hydrogen) atoms. The number of carbonyl (C=O) groups is 2. The zero-order valence-corrected chi connectivity index (χ0v) is 24.1. The fourth-order valence-corrected chi connectivity index (χ4v) is 5.06. The molecule has 1 saturated heterocycles. The number of para-hydroxylation sites is 1. The molecule has 2 unspecified atom stereocenters. The largest absolute Gasteiger partial charge is 0.483 e. The zero-order chi connectivity index (χ0) is 31.3. The first kappa shape index (κ1) is 32.0. The predicted octanol–water partition coefficient (Wildman–Crippen LogP) is 6.46. The number of nitrogens with zero attached hydrogens (tertiary/aromatic N) is 2. The lowest BCUT2D eigenvalue weighted by molar-refractivity contribution is -0.139. The van der Waals surface area contributed by atoms with E-state index in [1.165, 1.54) is 30.3 Å². The Bertz CT molecular complexity index is 1450. The minimum Gasteiger partial charge on any atom is -0.483 e. The third kappa shape index (κ3) is 8.35. The number of ether oxygens (including phenoxy) is 1. The van der Waals surface area contributed by atoms with Gasteiger partial charge in [-0.1, -0.05) is 29.8 Å². The van der Waals surface area contributed by atoms with Gasteiger partial charge in [0.2, 0.25) is 0 Å². The second-order valence-corrected chi connectivity index (χ2v) is 10.7. The van der Waals surface area contributed by atoms with E-state index in [0.29, 0.717) is 36.3 Å². The first-order chi connectivity index (χ1) is 20.3. The molecule has 1 heterocycles. The van der Waals surface area contributed by atoms with Crippen LogP contribution >= 0.6 is 11.6 Å². The van der Waals surface area contributed by atoms with Gasteiger partial charge < -0.3 is 20.3 Å². The highest BCUT2D eigenvalue weighted by Crippen LogP contribution is 2.36. The van der Waals surface area contributed by atoms with Crippen LogP contribution in [0.15, 0.2) is 60.7 Å². The first-order valence-corrected chi connectivity index (χ1v) is 13.8. The van der Waals surface area contributed by atoms with Crippen LogP contribution in [0, 0.1) is 11.6 Å². The summed E-state index contributed by atoms with van der Waals surface area (Å²) in [6, 6.07) is 12.0. The molecule has 0 bridgehead atoms. The van der Waals surface area contributed by atoms with E-state index in [1.54, 1.807) is 17.0 Å². The quantitative estimate of drug-likeness (QED) is 0.282. The summed E-state index contributed by atoms with van der Waals surface area (Å²) >= 11 is 6.10. The summed E-state index contributed by atoms with van der Waals surface area (Å²) in [6.45, 7) is 5.07. The number of amides is 3. The standard InChI is InChI=1S/C30H30ClF5N4O3/c1-18-15-40(19(2)14-39(18)16-20-6-9-23(32)10-7-20)27(41)17-43-26-11-8-22(31)12-21(26)13-37-29(42)38-28-24(30(34,35)36)4-3-5-25(28)33/h3-12,18-19H,13-17H2,1-2H3,(H2,37,38,42). The van der Waals surface area contributed by atoms with E-state index in [-0.39, 0.29) is 42.7 Å². The molecule has 3 aromatic rings. The van der Waals surface area contributed by atoms with Crippen LogP contribution in [0.4, 0.5) is 32.4 Å². The number of benzene rings is 3. The highest BCUT2D eigenvalue weighted by Gasteiger charge is 2.35. The van der Waals surface area contributed by atoms with E-state index in [2.05, 4.69) is 10.2 Å². The number of anilines is 1. The molecule has 2 N–H and O–H groups in total. The summed E-state index contributed by atoms with van der Waals surface area (Å²) < 4.78 is 72.9. The Morgan fingerprint density at radius 2 is 1.72 bits per heavy atom. The van der Waals surface area contributed by atoms with Crippen molar-refractivity contribution in [2.75, 3.05) is 25.0 Å². The van der Waals surface area contributed by atoms with E-state index < -0.39 is 29.3 Å². The van der Waals surface area contributed by atoms with E-state index in [9.17, 15) is 31.5 Å². The van der Waals surface area contributed by atoms with Crippen molar-refractivity contribution in [3.8, 4) is 5.75 Å². The zero-order valence-electron chi connectivity index (χ0n) is 23.4. The van der Waals surface area contributed by atoms with E-state index in [0.717, 1.165) is 17.7 Å². The monoisotopic (exact) mass is 624 g/mol. The lowest BCUT2D eigenvalue weighted by Gasteiger charge is -2.44. The van der Waals surface area contributed by atoms with Gasteiger partial charge >= 0.3 is 12.2 Å². The Hall–Kier alpha value is -3.90. The first-order valence-electron chi connectivity index (χ1n) is 13.4. The molecule has 3 aromatic carbocycles. The van der Waals surface area contributed by atoms with Gasteiger partial charge in [-0.3, -0.25) is 9.69 Å². The van der Waals surface area contributed by atoms with E-state index in [1.807, 2.05) is 19.2 Å². The molecule has 230 valence electrons. The molecular weight excluding hydrogens is 595 g/mol. The van der Waals surface area contributed by atoms with Gasteiger partial charge in [0, 0.05) is 48.8 Å². The Morgan fingerprint density at radius 1 is 1.00 bits per heavy atom. The highest BCUT2D eigenvalue weighted by atomic mass is 35.5. The van der Waals surface area contributed by atoms with Crippen molar-refractivity contribution in [2.45, 2.75) is 45.2 Å². The molecule has 0 spiro atoms. The molecule has 1 aliphatic heterocycles. The second kappa shape index (κ2) is 13.6. The molecule has 0 saturated carbocycles. The van der Waals surface area contributed by atoms with Gasteiger partial charge in [0.05, 0.1) is 11.3 Å². The Balaban J connectivity index is 1.35. The number of piperazine rings is 1. The van der Waals surface area contributed by atoms with Gasteiger partial charge in [0.1, 0.15) is 17.4 Å². The van der Waals surface area contributed by atoms with Crippen molar-refractivity contribution in [3.63, 3.8) is 0 Å². The van der Waals surface area contributed by atoms with Crippen LogP contribution in [0.5, 0.6) is 5.75 Å². The molecule has 0 aliphatic carbocycles. The van der Waals surface area contributed by atoms with Gasteiger partial charge in [-0.15, -0.1) is 0 Å². The molecule has 1 fully saturated rings. The summed E-state index contributed by atoms with van der Waals surface area (Å²) in [5.74, 6) is -1.57. The highest BCUT2D eigenvalue weighted by molar-refractivity contribution is 6.30. The topological polar surface area (TPSA) is 73.9 Å². The number of urea groups is 1. The molecule has 7 nitrogen and oxygen atoms in total. The van der Waals surface area contributed by atoms with Crippen molar-refractivity contribution >= 4 is 29.2 Å². The maximum absolute atomic E-state index is 14.1. The lowest BCUT2D eigenvalue weighted by Crippen LogP contribution is -2.58. The molecular formula is C30H30ClF5N4O3. The molecule has 13 heteroatoms. The SMILES string of the molecule is CC1CN(C(=O)COc2ccc(Cl)cc2CNC(=O)Nc2c(F)cccc2C(F)(F)F)C(C)CN1Cc1ccc(F)cc1. The van der Waals surface area contributed by atoms with Crippen molar-refractivity contribution in [1.29, 1.82) is 0 Å². The maximum atomic E-state index is 14.1. The smallest absolute Gasteiger partial charge is 0.418 e. The average molecular weight is 625 g/mol. The fourth-order valence-electron chi connectivity index (χ4n) is 4.86. The molecule has 2 atom stereocenters. The molecule has 1 aliphatic rings. The third-order valence-electron chi connectivity index (χ3n) is 7.10. The summed E-state index contributed by atoms with van der Waals surface area (Å²) in [5, 5.41) is 4.58. The van der Waals surface area contributed by atoms with Gasteiger partial charge in [0.25, 0.3) is 5.91 Å². The van der Waals surface area contributed by atoms with Gasteiger partial charge in [-0.2, -0.15) is 13.2 Å². The van der Waals surface area contributed by atoms with Crippen molar-refractivity contribution in [2.24, 2.45) is 0 Å². The van der Waals surface area contributed by atoms with Crippen LogP contribution in [-0.2, 0) is 24.1 Å². The number of alkyl halides is 3. The normalized spacial score (nSPS) is 17.4. The van der Waals surface area contributed by atoms with Gasteiger partial charge in [-0.25, -0.2) is 13.6 Å². The van der Waals surface area contributed by atoms with Crippen molar-refractivity contribution < 1.29 is 36.3 Å². The van der Waals surface area contributed by atoms with Crippen LogP contribution in [-0.4, -0.2) is 53.5 Å². The van der Waals surface area contributed by atoms with Crippen LogP contribution in [0.2, 0.25) is 5.02 Å². The number of nitrogens with one attached hydrogen (secondary N) is 2. The van der Waals surface area contributed by atoms with Gasteiger partial charge in [-0.05, 0) is 61.9 Å². The molecule has 3 amide bonds. The minimum atomic E-state index is -4.88. The predicted molar refractivity (Wildman–Crippen MR) is 152 cm³/mol.